The summed E-state index contributed by atoms with van der Waals surface area (Å²) in [5.74, 6) is -1.25. The number of carbonyl (C=O) groups is 1. The molecule has 0 amide bonds. The maximum atomic E-state index is 9.65. The maximum absolute atomic E-state index is 9.65. The quantitative estimate of drug-likeness (QED) is 0.155. The smallest absolute Gasteiger partial charge is 0.549 e. The summed E-state index contributed by atoms with van der Waals surface area (Å²) >= 11 is 0.955. The van der Waals surface area contributed by atoms with Gasteiger partial charge in [0.15, 0.2) is 0 Å². The van der Waals surface area contributed by atoms with Gasteiger partial charge in [-0.1, -0.05) is 0 Å². The van der Waals surface area contributed by atoms with E-state index in [9.17, 15) is 9.90 Å². The fourth-order valence-electron chi connectivity index (χ4n) is 0.146. The number of hydrogen-bond donors (Lipinski definition) is 1. The maximum Gasteiger partial charge on any atom is 1.00 e. The summed E-state index contributed by atoms with van der Waals surface area (Å²) in [6.07, 6.45) is 1.63. The van der Waals surface area contributed by atoms with Gasteiger partial charge in [-0.05, 0) is 0 Å². The van der Waals surface area contributed by atoms with Gasteiger partial charge in [-0.2, -0.15) is 5.48 Å². The average Bonchev–Trinajstić information content (AvgIpc) is 1.80. The minimum atomic E-state index is -1.25. The minimum absolute atomic E-state index is 0. The normalized spacial score (nSPS) is 8.50. The zero-order valence-corrected chi connectivity index (χ0v) is 9.69. The summed E-state index contributed by atoms with van der Waals surface area (Å²) in [6.45, 7) is -0.388. The zero-order valence-electron chi connectivity index (χ0n) is 5.75. The van der Waals surface area contributed by atoms with Crippen LogP contribution in [-0.4, -0.2) is 18.8 Å². The van der Waals surface area contributed by atoms with Crippen LogP contribution in [0.5, 0.6) is 0 Å². The first-order valence-corrected chi connectivity index (χ1v) is 3.21. The largest absolute Gasteiger partial charge is 1.00 e. The standard InChI is InChI=1S/C3H7NO4S.K/c1-9-8-7-4-2-3(5)6;/h4H,2H2,1H3,(H,5,6);/q;+1/p-1. The van der Waals surface area contributed by atoms with Gasteiger partial charge >= 0.3 is 51.4 Å². The van der Waals surface area contributed by atoms with E-state index in [1.807, 2.05) is 5.48 Å². The van der Waals surface area contributed by atoms with Crippen LogP contribution >= 0.6 is 12.0 Å². The molecule has 7 heteroatoms. The molecule has 0 bridgehead atoms. The molecule has 10 heavy (non-hydrogen) atoms. The molecule has 0 rings (SSSR count). The first-order chi connectivity index (χ1) is 4.27. The molecule has 0 aliphatic carbocycles. The number of carboxylic acids is 1. The van der Waals surface area contributed by atoms with Crippen molar-refractivity contribution in [3.8, 4) is 0 Å². The van der Waals surface area contributed by atoms with Crippen LogP contribution in [0.25, 0.3) is 0 Å². The van der Waals surface area contributed by atoms with E-state index in [0.717, 1.165) is 12.0 Å². The molecule has 0 saturated heterocycles. The van der Waals surface area contributed by atoms with Gasteiger partial charge in [0.1, 0.15) is 0 Å². The molecule has 5 nitrogen and oxygen atoms in total. The fourth-order valence-corrected chi connectivity index (χ4v) is 0.263. The summed E-state index contributed by atoms with van der Waals surface area (Å²) in [4.78, 5) is 13.7. The van der Waals surface area contributed by atoms with E-state index in [0.29, 0.717) is 0 Å². The van der Waals surface area contributed by atoms with Crippen molar-refractivity contribution in [1.82, 2.24) is 5.48 Å². The van der Waals surface area contributed by atoms with Gasteiger partial charge in [-0.25, -0.2) is 0 Å². The molecule has 0 aliphatic heterocycles. The van der Waals surface area contributed by atoms with Gasteiger partial charge in [-0.3, -0.25) is 0 Å². The van der Waals surface area contributed by atoms with E-state index in [1.54, 1.807) is 6.26 Å². The summed E-state index contributed by atoms with van der Waals surface area (Å²) in [5.41, 5.74) is 1.98. The Morgan fingerprint density at radius 1 is 1.80 bits per heavy atom. The van der Waals surface area contributed by atoms with E-state index in [1.165, 1.54) is 0 Å². The fraction of sp³-hybridized carbons (Fsp3) is 0.667. The molecular formula is C3H6KNO4S. The van der Waals surface area contributed by atoms with E-state index in [4.69, 9.17) is 0 Å². The molecule has 0 spiro atoms. The first-order valence-electron chi connectivity index (χ1n) is 2.06. The molecule has 0 aliphatic rings. The molecule has 1 N–H and O–H groups in total. The summed E-state index contributed by atoms with van der Waals surface area (Å²) in [6, 6.07) is 0. The number of hydrogen-bond acceptors (Lipinski definition) is 6. The van der Waals surface area contributed by atoms with Crippen molar-refractivity contribution < 1.29 is 70.6 Å². The van der Waals surface area contributed by atoms with E-state index < -0.39 is 5.97 Å². The molecular weight excluding hydrogens is 185 g/mol. The van der Waals surface area contributed by atoms with E-state index in [2.05, 4.69) is 9.32 Å². The average molecular weight is 191 g/mol. The molecule has 0 atom stereocenters. The second-order valence-corrected chi connectivity index (χ2v) is 1.48. The van der Waals surface area contributed by atoms with Gasteiger partial charge < -0.3 is 9.90 Å². The molecule has 0 saturated carbocycles. The summed E-state index contributed by atoms with van der Waals surface area (Å²) in [5, 5.41) is 9.65. The Morgan fingerprint density at radius 3 is 2.80 bits per heavy atom. The van der Waals surface area contributed by atoms with Gasteiger partial charge in [0.05, 0.1) is 12.5 Å². The van der Waals surface area contributed by atoms with Crippen LogP contribution in [0.1, 0.15) is 0 Å². The molecule has 0 radical (unpaired) electrons. The second kappa shape index (κ2) is 10.3. The third-order valence-electron chi connectivity index (χ3n) is 0.377. The molecule has 0 fully saturated rings. The Balaban J connectivity index is 0. The number of hydroxylamine groups is 1. The number of carboxylic acid groups (broad SMARTS) is 1. The van der Waals surface area contributed by atoms with Gasteiger partial charge in [0.2, 0.25) is 0 Å². The van der Waals surface area contributed by atoms with Gasteiger partial charge in [0.25, 0.3) is 0 Å². The van der Waals surface area contributed by atoms with Crippen molar-refractivity contribution in [3.63, 3.8) is 0 Å². The predicted octanol–water partition coefficient (Wildman–Crippen LogP) is -4.53. The Hall–Kier alpha value is 1.34. The molecule has 54 valence electrons. The van der Waals surface area contributed by atoms with Crippen LogP contribution in [0.4, 0.5) is 0 Å². The Bertz CT molecular complexity index is 92.6. The SMILES string of the molecule is CSOONCC(=O)[O-].[K+]. The van der Waals surface area contributed by atoms with Crippen LogP contribution in [0.2, 0.25) is 0 Å². The Kier molecular flexibility index (Phi) is 14.4. The van der Waals surface area contributed by atoms with Crippen LogP contribution in [0.3, 0.4) is 0 Å². The van der Waals surface area contributed by atoms with Crippen molar-refractivity contribution in [1.29, 1.82) is 0 Å². The number of aliphatic carboxylic acids is 1. The van der Waals surface area contributed by atoms with Crippen LogP contribution in [0.15, 0.2) is 0 Å². The second-order valence-electron chi connectivity index (χ2n) is 1.01. The van der Waals surface area contributed by atoms with Crippen LogP contribution in [0, 0.1) is 0 Å². The molecule has 0 aromatic rings. The van der Waals surface area contributed by atoms with Crippen molar-refractivity contribution in [2.24, 2.45) is 0 Å². The molecule has 0 aromatic heterocycles. The first kappa shape index (κ1) is 13.9. The van der Waals surface area contributed by atoms with Gasteiger partial charge in [-0.15, -0.1) is 9.32 Å². The third kappa shape index (κ3) is 12.1. The third-order valence-corrected chi connectivity index (χ3v) is 0.582. The number of carbonyl (C=O) groups excluding carboxylic acids is 1. The Labute approximate surface area is 105 Å². The van der Waals surface area contributed by atoms with Crippen molar-refractivity contribution >= 4 is 18.0 Å². The predicted molar refractivity (Wildman–Crippen MR) is 28.7 cm³/mol. The molecule has 0 aromatic carbocycles. The van der Waals surface area contributed by atoms with Crippen molar-refractivity contribution in [2.45, 2.75) is 0 Å². The topological polar surface area (TPSA) is 70.6 Å². The van der Waals surface area contributed by atoms with E-state index in [-0.39, 0.29) is 57.9 Å². The molecule has 0 heterocycles. The summed E-state index contributed by atoms with van der Waals surface area (Å²) < 4.78 is 4.20. The van der Waals surface area contributed by atoms with Gasteiger partial charge in [0, 0.05) is 18.3 Å². The minimum Gasteiger partial charge on any atom is -0.549 e. The molecule has 0 unspecified atom stereocenters. The zero-order chi connectivity index (χ0) is 7.11. The monoisotopic (exact) mass is 191 g/mol. The summed E-state index contributed by atoms with van der Waals surface area (Å²) in [7, 11) is 0. The van der Waals surface area contributed by atoms with Crippen LogP contribution in [-0.2, 0) is 14.1 Å². The van der Waals surface area contributed by atoms with Crippen molar-refractivity contribution in [2.75, 3.05) is 12.8 Å². The number of nitrogens with one attached hydrogen (secondary N) is 1. The Morgan fingerprint density at radius 2 is 2.40 bits per heavy atom. The van der Waals surface area contributed by atoms with Crippen molar-refractivity contribution in [3.05, 3.63) is 0 Å². The van der Waals surface area contributed by atoms with E-state index >= 15 is 0 Å². The van der Waals surface area contributed by atoms with Crippen LogP contribution < -0.4 is 62.0 Å². The number of rotatable bonds is 5.